The van der Waals surface area contributed by atoms with Gasteiger partial charge in [0, 0.05) is 12.8 Å². The Bertz CT molecular complexity index is 1500. The Labute approximate surface area is 232 Å². The van der Waals surface area contributed by atoms with Crippen LogP contribution in [0.25, 0.3) is 11.1 Å². The summed E-state index contributed by atoms with van der Waals surface area (Å²) in [7, 11) is 0. The Morgan fingerprint density at radius 1 is 0.700 bits per heavy atom. The Hall–Kier alpha value is -4.91. The topological polar surface area (TPSA) is 105 Å². The molecule has 0 spiro atoms. The van der Waals surface area contributed by atoms with Crippen molar-refractivity contribution in [1.29, 1.82) is 0 Å². The van der Waals surface area contributed by atoms with Gasteiger partial charge in [0.25, 0.3) is 0 Å². The molecule has 2 unspecified atom stereocenters. The third-order valence-electron chi connectivity index (χ3n) is 7.10. The number of benzene rings is 4. The van der Waals surface area contributed by atoms with Crippen LogP contribution in [-0.4, -0.2) is 35.2 Å². The van der Waals surface area contributed by atoms with Crippen LogP contribution in [0.1, 0.15) is 27.8 Å². The predicted octanol–water partition coefficient (Wildman–Crippen LogP) is 4.91. The molecule has 2 amide bonds. The van der Waals surface area contributed by atoms with Crippen LogP contribution in [0.4, 0.5) is 4.79 Å². The number of amides is 2. The molecule has 0 radical (unpaired) electrons. The van der Waals surface area contributed by atoms with Crippen molar-refractivity contribution in [2.75, 3.05) is 0 Å². The van der Waals surface area contributed by atoms with E-state index in [0.717, 1.165) is 34.2 Å². The highest BCUT2D eigenvalue weighted by Crippen LogP contribution is 2.38. The number of carbonyl (C=O) groups excluding carboxylic acids is 2. The minimum absolute atomic E-state index is 0.0500. The quantitative estimate of drug-likeness (QED) is 0.236. The lowest BCUT2D eigenvalue weighted by Gasteiger charge is -2.22. The first-order chi connectivity index (χ1) is 19.5. The Kier molecular flexibility index (Phi) is 8.21. The summed E-state index contributed by atoms with van der Waals surface area (Å²) in [5, 5.41) is 15.0. The molecule has 0 saturated heterocycles. The van der Waals surface area contributed by atoms with Gasteiger partial charge in [-0.3, -0.25) is 4.79 Å². The summed E-state index contributed by atoms with van der Waals surface area (Å²) in [6.45, 7) is 0.0500. The number of rotatable bonds is 10. The van der Waals surface area contributed by atoms with E-state index in [-0.39, 0.29) is 19.4 Å². The van der Waals surface area contributed by atoms with Crippen molar-refractivity contribution in [3.05, 3.63) is 131 Å². The van der Waals surface area contributed by atoms with Gasteiger partial charge in [0.2, 0.25) is 5.91 Å². The van der Waals surface area contributed by atoms with Gasteiger partial charge >= 0.3 is 12.1 Å². The normalized spacial score (nSPS) is 12.9. The highest BCUT2D eigenvalue weighted by atomic mass is 16.5. The number of carboxylic acid groups (broad SMARTS) is 1. The van der Waals surface area contributed by atoms with Gasteiger partial charge in [0.1, 0.15) is 18.7 Å². The van der Waals surface area contributed by atoms with Crippen molar-refractivity contribution in [1.82, 2.24) is 10.6 Å². The molecule has 3 N–H and O–H groups in total. The fourth-order valence-corrected chi connectivity index (χ4v) is 5.07. The summed E-state index contributed by atoms with van der Waals surface area (Å²) in [4.78, 5) is 38.2. The van der Waals surface area contributed by atoms with Crippen LogP contribution in [0.2, 0.25) is 0 Å². The number of carbonyl (C=O) groups is 3. The Morgan fingerprint density at radius 3 is 1.98 bits per heavy atom. The van der Waals surface area contributed by atoms with E-state index in [0.29, 0.717) is 0 Å². The van der Waals surface area contributed by atoms with Gasteiger partial charge in [0.05, 0.1) is 0 Å². The van der Waals surface area contributed by atoms with Gasteiger partial charge in [-0.15, -0.1) is 0 Å². The first-order valence-corrected chi connectivity index (χ1v) is 13.2. The zero-order valence-electron chi connectivity index (χ0n) is 21.9. The number of fused-ring (bicyclic) bond motifs is 3. The fourth-order valence-electron chi connectivity index (χ4n) is 5.07. The summed E-state index contributed by atoms with van der Waals surface area (Å²) < 4.78 is 5.57. The van der Waals surface area contributed by atoms with Crippen LogP contribution in [0, 0.1) is 0 Å². The number of ether oxygens (including phenoxy) is 1. The molecule has 0 bridgehead atoms. The molecule has 202 valence electrons. The van der Waals surface area contributed by atoms with E-state index in [2.05, 4.69) is 28.8 Å². The standard InChI is InChI=1S/C33H30N2O5/c36-31(34-30(32(37)38)19-23-12-5-2-6-13-23)29(18-22-10-3-1-4-11-22)35-33(39)40-21-25-15-9-17-27-26-16-8-7-14-24(26)20-28(25)27/h1-17,29-30H,18-21H2,(H,34,36)(H,35,39)(H,37,38). The molecule has 1 aliphatic rings. The highest BCUT2D eigenvalue weighted by Gasteiger charge is 2.28. The molecule has 4 aromatic rings. The fraction of sp³-hybridized carbons (Fsp3) is 0.182. The first-order valence-electron chi connectivity index (χ1n) is 13.2. The monoisotopic (exact) mass is 534 g/mol. The van der Waals surface area contributed by atoms with Crippen LogP contribution >= 0.6 is 0 Å². The van der Waals surface area contributed by atoms with Gasteiger partial charge in [-0.25, -0.2) is 9.59 Å². The molecule has 0 heterocycles. The summed E-state index contributed by atoms with van der Waals surface area (Å²) in [6.07, 6.45) is 0.310. The Morgan fingerprint density at radius 2 is 1.30 bits per heavy atom. The molecule has 1 aliphatic carbocycles. The number of carboxylic acids is 1. The van der Waals surface area contributed by atoms with Gasteiger partial charge in [-0.2, -0.15) is 0 Å². The number of hydrogen-bond donors (Lipinski definition) is 3. The lowest BCUT2D eigenvalue weighted by molar-refractivity contribution is -0.142. The summed E-state index contributed by atoms with van der Waals surface area (Å²) >= 11 is 0. The third kappa shape index (κ3) is 6.38. The molecule has 0 saturated carbocycles. The van der Waals surface area contributed by atoms with E-state index >= 15 is 0 Å². The molecular weight excluding hydrogens is 504 g/mol. The maximum absolute atomic E-state index is 13.3. The van der Waals surface area contributed by atoms with E-state index in [4.69, 9.17) is 4.74 Å². The largest absolute Gasteiger partial charge is 0.480 e. The molecule has 2 atom stereocenters. The van der Waals surface area contributed by atoms with Crippen LogP contribution in [0.15, 0.2) is 103 Å². The summed E-state index contributed by atoms with van der Waals surface area (Å²) in [6, 6.07) is 30.3. The molecule has 7 nitrogen and oxygen atoms in total. The second-order valence-electron chi connectivity index (χ2n) is 9.83. The second-order valence-corrected chi connectivity index (χ2v) is 9.83. The van der Waals surface area contributed by atoms with Crippen molar-refractivity contribution in [2.45, 2.75) is 38.0 Å². The molecule has 40 heavy (non-hydrogen) atoms. The number of alkyl carbamates (subject to hydrolysis) is 1. The lowest BCUT2D eigenvalue weighted by atomic mass is 10.0. The van der Waals surface area contributed by atoms with E-state index < -0.39 is 30.1 Å². The SMILES string of the molecule is O=C(NC(Cc1ccccc1)C(=O)NC(Cc1ccccc1)C(=O)O)OCc1cccc2c1Cc1ccccc1-2. The molecular formula is C33H30N2O5. The van der Waals surface area contributed by atoms with Crippen LogP contribution < -0.4 is 10.6 Å². The van der Waals surface area contributed by atoms with Gasteiger partial charge in [-0.05, 0) is 45.4 Å². The van der Waals surface area contributed by atoms with Crippen molar-refractivity contribution < 1.29 is 24.2 Å². The number of nitrogens with one attached hydrogen (secondary N) is 2. The summed E-state index contributed by atoms with van der Waals surface area (Å²) in [5.74, 6) is -1.75. The van der Waals surface area contributed by atoms with Gasteiger partial charge in [0.15, 0.2) is 0 Å². The molecule has 0 aromatic heterocycles. The molecule has 0 fully saturated rings. The third-order valence-corrected chi connectivity index (χ3v) is 7.10. The van der Waals surface area contributed by atoms with E-state index in [1.165, 1.54) is 11.1 Å². The van der Waals surface area contributed by atoms with Crippen molar-refractivity contribution in [2.24, 2.45) is 0 Å². The number of hydrogen-bond acceptors (Lipinski definition) is 4. The average molecular weight is 535 g/mol. The van der Waals surface area contributed by atoms with E-state index in [1.807, 2.05) is 72.8 Å². The molecule has 4 aromatic carbocycles. The van der Waals surface area contributed by atoms with E-state index in [1.54, 1.807) is 12.1 Å². The minimum Gasteiger partial charge on any atom is -0.480 e. The smallest absolute Gasteiger partial charge is 0.408 e. The maximum atomic E-state index is 13.3. The molecule has 5 rings (SSSR count). The van der Waals surface area contributed by atoms with Crippen molar-refractivity contribution >= 4 is 18.0 Å². The zero-order chi connectivity index (χ0) is 27.9. The van der Waals surface area contributed by atoms with Crippen molar-refractivity contribution in [3.8, 4) is 11.1 Å². The predicted molar refractivity (Wildman–Crippen MR) is 152 cm³/mol. The van der Waals surface area contributed by atoms with Gasteiger partial charge < -0.3 is 20.5 Å². The van der Waals surface area contributed by atoms with Crippen molar-refractivity contribution in [3.63, 3.8) is 0 Å². The Balaban J connectivity index is 1.27. The molecule has 0 aliphatic heterocycles. The lowest BCUT2D eigenvalue weighted by Crippen LogP contribution is -2.53. The highest BCUT2D eigenvalue weighted by molar-refractivity contribution is 5.89. The van der Waals surface area contributed by atoms with Crippen LogP contribution in [0.3, 0.4) is 0 Å². The summed E-state index contributed by atoms with van der Waals surface area (Å²) in [5.41, 5.74) is 7.18. The molecule has 7 heteroatoms. The minimum atomic E-state index is -1.16. The second kappa shape index (κ2) is 12.3. The average Bonchev–Trinajstić information content (AvgIpc) is 3.36. The maximum Gasteiger partial charge on any atom is 0.408 e. The van der Waals surface area contributed by atoms with Gasteiger partial charge in [-0.1, -0.05) is 103 Å². The van der Waals surface area contributed by atoms with Crippen LogP contribution in [-0.2, 0) is 40.2 Å². The van der Waals surface area contributed by atoms with E-state index in [9.17, 15) is 19.5 Å². The zero-order valence-corrected chi connectivity index (χ0v) is 21.9. The van der Waals surface area contributed by atoms with Crippen LogP contribution in [0.5, 0.6) is 0 Å². The number of aliphatic carboxylic acids is 1. The first kappa shape index (κ1) is 26.7.